The summed E-state index contributed by atoms with van der Waals surface area (Å²) >= 11 is 18.4. The first-order valence-corrected chi connectivity index (χ1v) is 11.6. The maximum atomic E-state index is 12.7. The van der Waals surface area contributed by atoms with Crippen LogP contribution >= 0.6 is 34.8 Å². The predicted molar refractivity (Wildman–Crippen MR) is 139 cm³/mol. The standard InChI is InChI=1S/C26H21Cl3N2O4/c1-3-34-20-6-4-5-19(13-20)31-26(32)18(14-30)9-17-11-23(29)25(24(12-17)33-2)35-15-16-7-8-21(27)22(28)10-16/h4-13H,3,15H2,1-2H3,(H,31,32)/b18-9-. The highest BCUT2D eigenvalue weighted by Crippen LogP contribution is 2.38. The fraction of sp³-hybridized carbons (Fsp3) is 0.154. The minimum atomic E-state index is -0.573. The van der Waals surface area contributed by atoms with E-state index in [2.05, 4.69) is 5.32 Å². The molecule has 180 valence electrons. The van der Waals surface area contributed by atoms with Crippen molar-refractivity contribution in [3.05, 3.63) is 86.4 Å². The lowest BCUT2D eigenvalue weighted by atomic mass is 10.1. The highest BCUT2D eigenvalue weighted by molar-refractivity contribution is 6.42. The van der Waals surface area contributed by atoms with Crippen molar-refractivity contribution in [3.63, 3.8) is 0 Å². The van der Waals surface area contributed by atoms with Crippen LogP contribution in [0.3, 0.4) is 0 Å². The molecule has 0 aromatic heterocycles. The molecule has 0 spiro atoms. The molecule has 0 saturated carbocycles. The molecule has 0 saturated heterocycles. The van der Waals surface area contributed by atoms with Gasteiger partial charge in [-0.15, -0.1) is 0 Å². The van der Waals surface area contributed by atoms with E-state index in [0.717, 1.165) is 5.56 Å². The van der Waals surface area contributed by atoms with E-state index in [1.807, 2.05) is 13.0 Å². The van der Waals surface area contributed by atoms with Crippen molar-refractivity contribution in [1.82, 2.24) is 0 Å². The molecular weight excluding hydrogens is 511 g/mol. The molecular formula is C26H21Cl3N2O4. The number of halogens is 3. The molecule has 1 N–H and O–H groups in total. The van der Waals surface area contributed by atoms with Gasteiger partial charge in [-0.05, 0) is 60.5 Å². The van der Waals surface area contributed by atoms with Crippen LogP contribution in [-0.4, -0.2) is 19.6 Å². The topological polar surface area (TPSA) is 80.6 Å². The van der Waals surface area contributed by atoms with Crippen molar-refractivity contribution in [2.24, 2.45) is 0 Å². The number of nitrogens with zero attached hydrogens (tertiary/aromatic N) is 1. The second-order valence-electron chi connectivity index (χ2n) is 7.16. The molecule has 3 rings (SSSR count). The lowest BCUT2D eigenvalue weighted by molar-refractivity contribution is -0.112. The van der Waals surface area contributed by atoms with Gasteiger partial charge in [0.2, 0.25) is 0 Å². The average Bonchev–Trinajstić information content (AvgIpc) is 2.84. The Kier molecular flexibility index (Phi) is 9.27. The number of hydrogen-bond donors (Lipinski definition) is 1. The Morgan fingerprint density at radius 1 is 1.03 bits per heavy atom. The summed E-state index contributed by atoms with van der Waals surface area (Å²) in [5.74, 6) is 0.691. The van der Waals surface area contributed by atoms with Crippen molar-refractivity contribution >= 4 is 52.5 Å². The largest absolute Gasteiger partial charge is 0.494 e. The lowest BCUT2D eigenvalue weighted by Crippen LogP contribution is -2.13. The van der Waals surface area contributed by atoms with Gasteiger partial charge < -0.3 is 19.5 Å². The molecule has 0 radical (unpaired) electrons. The van der Waals surface area contributed by atoms with Crippen molar-refractivity contribution in [1.29, 1.82) is 5.26 Å². The van der Waals surface area contributed by atoms with Gasteiger partial charge in [-0.1, -0.05) is 46.9 Å². The molecule has 0 unspecified atom stereocenters. The molecule has 0 fully saturated rings. The second kappa shape index (κ2) is 12.4. The molecule has 6 nitrogen and oxygen atoms in total. The second-order valence-corrected chi connectivity index (χ2v) is 8.38. The summed E-state index contributed by atoms with van der Waals surface area (Å²) in [7, 11) is 1.47. The van der Waals surface area contributed by atoms with E-state index < -0.39 is 5.91 Å². The van der Waals surface area contributed by atoms with Crippen LogP contribution in [0.15, 0.2) is 60.2 Å². The Bertz CT molecular complexity index is 1300. The van der Waals surface area contributed by atoms with Crippen LogP contribution in [0.2, 0.25) is 15.1 Å². The zero-order valence-corrected chi connectivity index (χ0v) is 21.2. The third kappa shape index (κ3) is 7.06. The summed E-state index contributed by atoms with van der Waals surface area (Å²) < 4.78 is 16.7. The number of nitriles is 1. The molecule has 3 aromatic rings. The number of anilines is 1. The van der Waals surface area contributed by atoms with E-state index >= 15 is 0 Å². The highest BCUT2D eigenvalue weighted by atomic mass is 35.5. The molecule has 0 aliphatic heterocycles. The van der Waals surface area contributed by atoms with E-state index in [1.54, 1.807) is 54.6 Å². The van der Waals surface area contributed by atoms with Gasteiger partial charge in [0.25, 0.3) is 5.91 Å². The van der Waals surface area contributed by atoms with Crippen LogP contribution < -0.4 is 19.5 Å². The Hall–Kier alpha value is -3.37. The van der Waals surface area contributed by atoms with Gasteiger partial charge >= 0.3 is 0 Å². The molecule has 1 amide bonds. The van der Waals surface area contributed by atoms with Crippen molar-refractivity contribution in [2.45, 2.75) is 13.5 Å². The average molecular weight is 532 g/mol. The highest BCUT2D eigenvalue weighted by Gasteiger charge is 2.15. The SMILES string of the molecule is CCOc1cccc(NC(=O)/C(C#N)=C\c2cc(Cl)c(OCc3ccc(Cl)c(Cl)c3)c(OC)c2)c1. The molecule has 0 heterocycles. The van der Waals surface area contributed by atoms with Crippen LogP contribution in [0.4, 0.5) is 5.69 Å². The number of carbonyl (C=O) groups excluding carboxylic acids is 1. The fourth-order valence-corrected chi connectivity index (χ4v) is 3.69. The monoisotopic (exact) mass is 530 g/mol. The Morgan fingerprint density at radius 2 is 1.83 bits per heavy atom. The third-order valence-corrected chi connectivity index (χ3v) is 5.72. The van der Waals surface area contributed by atoms with Gasteiger partial charge in [0, 0.05) is 11.8 Å². The first-order valence-electron chi connectivity index (χ1n) is 10.4. The van der Waals surface area contributed by atoms with Crippen molar-refractivity contribution < 1.29 is 19.0 Å². The lowest BCUT2D eigenvalue weighted by Gasteiger charge is -2.14. The summed E-state index contributed by atoms with van der Waals surface area (Å²) in [6.07, 6.45) is 1.42. The zero-order valence-electron chi connectivity index (χ0n) is 18.9. The first kappa shape index (κ1) is 26.2. The van der Waals surface area contributed by atoms with Gasteiger partial charge in [-0.3, -0.25) is 4.79 Å². The Balaban J connectivity index is 1.80. The zero-order chi connectivity index (χ0) is 25.4. The molecule has 0 atom stereocenters. The molecule has 0 aliphatic rings. The van der Waals surface area contributed by atoms with Gasteiger partial charge in [-0.2, -0.15) is 5.26 Å². The molecule has 3 aromatic carbocycles. The number of amides is 1. The number of methoxy groups -OCH3 is 1. The van der Waals surface area contributed by atoms with E-state index in [9.17, 15) is 10.1 Å². The smallest absolute Gasteiger partial charge is 0.266 e. The van der Waals surface area contributed by atoms with E-state index in [0.29, 0.717) is 45.2 Å². The van der Waals surface area contributed by atoms with Crippen molar-refractivity contribution in [2.75, 3.05) is 19.0 Å². The van der Waals surface area contributed by atoms with E-state index in [1.165, 1.54) is 13.2 Å². The van der Waals surface area contributed by atoms with E-state index in [4.69, 9.17) is 49.0 Å². The van der Waals surface area contributed by atoms with E-state index in [-0.39, 0.29) is 17.2 Å². The van der Waals surface area contributed by atoms with Crippen LogP contribution in [0.25, 0.3) is 6.08 Å². The summed E-state index contributed by atoms with van der Waals surface area (Å²) in [5.41, 5.74) is 1.67. The summed E-state index contributed by atoms with van der Waals surface area (Å²) in [6, 6.07) is 17.2. The number of rotatable bonds is 9. The number of nitrogens with one attached hydrogen (secondary N) is 1. The van der Waals surface area contributed by atoms with Crippen LogP contribution in [-0.2, 0) is 11.4 Å². The van der Waals surface area contributed by atoms with Gasteiger partial charge in [-0.25, -0.2) is 0 Å². The number of hydrogen-bond acceptors (Lipinski definition) is 5. The minimum Gasteiger partial charge on any atom is -0.494 e. The summed E-state index contributed by atoms with van der Waals surface area (Å²) in [5, 5.41) is 13.4. The van der Waals surface area contributed by atoms with Gasteiger partial charge in [0.1, 0.15) is 24.0 Å². The summed E-state index contributed by atoms with van der Waals surface area (Å²) in [6.45, 7) is 2.54. The summed E-state index contributed by atoms with van der Waals surface area (Å²) in [4.78, 5) is 12.7. The first-order chi connectivity index (χ1) is 16.8. The van der Waals surface area contributed by atoms with Crippen LogP contribution in [0, 0.1) is 11.3 Å². The Morgan fingerprint density at radius 3 is 2.51 bits per heavy atom. The molecule has 0 aliphatic carbocycles. The minimum absolute atomic E-state index is 0.116. The normalized spacial score (nSPS) is 10.9. The quantitative estimate of drug-likeness (QED) is 0.234. The molecule has 35 heavy (non-hydrogen) atoms. The van der Waals surface area contributed by atoms with Gasteiger partial charge in [0.05, 0.1) is 28.8 Å². The van der Waals surface area contributed by atoms with Crippen LogP contribution in [0.5, 0.6) is 17.2 Å². The number of carbonyl (C=O) groups is 1. The maximum Gasteiger partial charge on any atom is 0.266 e. The molecule has 0 bridgehead atoms. The Labute approximate surface area is 218 Å². The number of benzene rings is 3. The fourth-order valence-electron chi connectivity index (χ4n) is 3.09. The van der Waals surface area contributed by atoms with Crippen LogP contribution in [0.1, 0.15) is 18.1 Å². The predicted octanol–water partition coefficient (Wildman–Crippen LogP) is 7.18. The van der Waals surface area contributed by atoms with Gasteiger partial charge in [0.15, 0.2) is 11.5 Å². The maximum absolute atomic E-state index is 12.7. The molecule has 9 heteroatoms. The third-order valence-electron chi connectivity index (χ3n) is 4.70. The van der Waals surface area contributed by atoms with Crippen molar-refractivity contribution in [3.8, 4) is 23.3 Å². The number of ether oxygens (including phenoxy) is 3.